The topological polar surface area (TPSA) is 62.2 Å². The van der Waals surface area contributed by atoms with Gasteiger partial charge in [0.15, 0.2) is 0 Å². The first-order valence-corrected chi connectivity index (χ1v) is 6.98. The molecule has 0 atom stereocenters. The van der Waals surface area contributed by atoms with Crippen LogP contribution in [0, 0.1) is 11.8 Å². The average molecular weight is 286 g/mol. The summed E-state index contributed by atoms with van der Waals surface area (Å²) in [5, 5.41) is 11.5. The first-order chi connectivity index (χ1) is 9.79. The lowest BCUT2D eigenvalue weighted by molar-refractivity contribution is 0.0951. The summed E-state index contributed by atoms with van der Waals surface area (Å²) < 4.78 is 0. The number of thiophene rings is 1. The summed E-state index contributed by atoms with van der Waals surface area (Å²) in [4.78, 5) is 17.7. The maximum absolute atomic E-state index is 11.8. The third-order valence-corrected chi connectivity index (χ3v) is 3.46. The standard InChI is InChI=1S/C15H14N2O2S/c18-9-2-1-5-13-6-7-14(20-13)11-17-15(19)12-4-3-8-16-10-12/h3-4,6-8,10,18H,2,9,11H2,(H,17,19). The lowest BCUT2D eigenvalue weighted by Gasteiger charge is -2.02. The Labute approximate surface area is 121 Å². The largest absolute Gasteiger partial charge is 0.395 e. The molecule has 0 aromatic carbocycles. The van der Waals surface area contributed by atoms with E-state index in [1.54, 1.807) is 18.3 Å². The van der Waals surface area contributed by atoms with Gasteiger partial charge >= 0.3 is 0 Å². The van der Waals surface area contributed by atoms with Crippen LogP contribution in [0.5, 0.6) is 0 Å². The van der Waals surface area contributed by atoms with Gasteiger partial charge < -0.3 is 10.4 Å². The highest BCUT2D eigenvalue weighted by molar-refractivity contribution is 7.12. The number of aromatic nitrogens is 1. The monoisotopic (exact) mass is 286 g/mol. The molecule has 0 unspecified atom stereocenters. The maximum atomic E-state index is 11.8. The number of pyridine rings is 1. The number of hydrogen-bond donors (Lipinski definition) is 2. The molecule has 0 saturated heterocycles. The van der Waals surface area contributed by atoms with Gasteiger partial charge in [-0.15, -0.1) is 11.3 Å². The minimum absolute atomic E-state index is 0.0758. The SMILES string of the molecule is O=C(NCc1ccc(C#CCCO)s1)c1cccnc1. The molecule has 0 bridgehead atoms. The molecule has 2 aromatic rings. The Balaban J connectivity index is 1.89. The van der Waals surface area contributed by atoms with E-state index in [4.69, 9.17) is 5.11 Å². The van der Waals surface area contributed by atoms with Gasteiger partial charge in [0.05, 0.1) is 23.6 Å². The smallest absolute Gasteiger partial charge is 0.253 e. The van der Waals surface area contributed by atoms with Crippen LogP contribution < -0.4 is 5.32 Å². The van der Waals surface area contributed by atoms with Crippen LogP contribution in [0.25, 0.3) is 0 Å². The van der Waals surface area contributed by atoms with Crippen LogP contribution in [-0.2, 0) is 6.54 Å². The normalized spacial score (nSPS) is 9.65. The highest BCUT2D eigenvalue weighted by Gasteiger charge is 2.05. The predicted octanol–water partition coefficient (Wildman–Crippen LogP) is 1.81. The number of aliphatic hydroxyl groups is 1. The molecule has 0 aliphatic rings. The molecule has 1 amide bonds. The lowest BCUT2D eigenvalue weighted by Crippen LogP contribution is -2.22. The Morgan fingerprint density at radius 2 is 2.30 bits per heavy atom. The second kappa shape index (κ2) is 7.43. The zero-order valence-electron chi connectivity index (χ0n) is 10.8. The summed E-state index contributed by atoms with van der Waals surface area (Å²) in [6.45, 7) is 0.548. The van der Waals surface area contributed by atoms with E-state index in [0.29, 0.717) is 18.5 Å². The molecular formula is C15H14N2O2S. The number of carbonyl (C=O) groups excluding carboxylic acids is 1. The fourth-order valence-electron chi connectivity index (χ4n) is 1.51. The molecule has 0 fully saturated rings. The Morgan fingerprint density at radius 3 is 3.05 bits per heavy atom. The van der Waals surface area contributed by atoms with E-state index in [1.807, 2.05) is 12.1 Å². The molecule has 102 valence electrons. The van der Waals surface area contributed by atoms with Gasteiger partial charge in [-0.1, -0.05) is 11.8 Å². The Hall–Kier alpha value is -2.16. The first-order valence-electron chi connectivity index (χ1n) is 6.16. The van der Waals surface area contributed by atoms with Crippen molar-refractivity contribution in [3.63, 3.8) is 0 Å². The minimum Gasteiger partial charge on any atom is -0.395 e. The molecule has 0 spiro atoms. The number of carbonyl (C=O) groups is 1. The molecule has 0 aliphatic carbocycles. The van der Waals surface area contributed by atoms with E-state index in [2.05, 4.69) is 22.1 Å². The summed E-state index contributed by atoms with van der Waals surface area (Å²) in [6.07, 6.45) is 3.65. The molecule has 4 nitrogen and oxygen atoms in total. The summed E-state index contributed by atoms with van der Waals surface area (Å²) in [5.74, 6) is 5.70. The van der Waals surface area contributed by atoms with Crippen molar-refractivity contribution in [1.29, 1.82) is 0 Å². The summed E-state index contributed by atoms with van der Waals surface area (Å²) in [7, 11) is 0. The predicted molar refractivity (Wildman–Crippen MR) is 78.3 cm³/mol. The molecule has 2 N–H and O–H groups in total. The van der Waals surface area contributed by atoms with E-state index >= 15 is 0 Å². The number of aliphatic hydroxyl groups excluding tert-OH is 1. The second-order valence-corrected chi connectivity index (χ2v) is 5.13. The molecule has 2 rings (SSSR count). The van der Waals surface area contributed by atoms with Crippen molar-refractivity contribution in [3.8, 4) is 11.8 Å². The highest BCUT2D eigenvalue weighted by atomic mass is 32.1. The molecule has 0 radical (unpaired) electrons. The molecule has 20 heavy (non-hydrogen) atoms. The molecule has 0 aliphatic heterocycles. The van der Waals surface area contributed by atoms with Gasteiger partial charge in [-0.3, -0.25) is 9.78 Å². The van der Waals surface area contributed by atoms with Crippen LogP contribution >= 0.6 is 11.3 Å². The molecule has 0 saturated carbocycles. The Bertz CT molecular complexity index is 626. The van der Waals surface area contributed by atoms with Gasteiger partial charge in [-0.2, -0.15) is 0 Å². The quantitative estimate of drug-likeness (QED) is 0.843. The lowest BCUT2D eigenvalue weighted by atomic mass is 10.2. The summed E-state index contributed by atoms with van der Waals surface area (Å²) in [5.41, 5.74) is 0.548. The van der Waals surface area contributed by atoms with Gasteiger partial charge in [-0.05, 0) is 24.3 Å². The highest BCUT2D eigenvalue weighted by Crippen LogP contribution is 2.15. The van der Waals surface area contributed by atoms with E-state index in [-0.39, 0.29) is 12.5 Å². The van der Waals surface area contributed by atoms with Gasteiger partial charge in [-0.25, -0.2) is 0 Å². The molecule has 2 heterocycles. The fraction of sp³-hybridized carbons (Fsp3) is 0.200. The van der Waals surface area contributed by atoms with Crippen molar-refractivity contribution in [3.05, 3.63) is 52.0 Å². The first kappa shape index (κ1) is 14.3. The number of hydrogen-bond acceptors (Lipinski definition) is 4. The van der Waals surface area contributed by atoms with Crippen molar-refractivity contribution in [2.75, 3.05) is 6.61 Å². The minimum atomic E-state index is -0.139. The molecule has 2 aromatic heterocycles. The molecule has 5 heteroatoms. The Morgan fingerprint density at radius 1 is 1.40 bits per heavy atom. The molecular weight excluding hydrogens is 272 g/mol. The van der Waals surface area contributed by atoms with Crippen molar-refractivity contribution in [2.45, 2.75) is 13.0 Å². The van der Waals surface area contributed by atoms with Crippen LogP contribution in [0.1, 0.15) is 26.5 Å². The van der Waals surface area contributed by atoms with Gasteiger partial charge in [0, 0.05) is 23.7 Å². The van der Waals surface area contributed by atoms with Gasteiger partial charge in [0.2, 0.25) is 0 Å². The van der Waals surface area contributed by atoms with E-state index in [1.165, 1.54) is 17.5 Å². The van der Waals surface area contributed by atoms with Crippen molar-refractivity contribution >= 4 is 17.2 Å². The summed E-state index contributed by atoms with van der Waals surface area (Å²) in [6, 6.07) is 7.31. The third kappa shape index (κ3) is 4.19. The van der Waals surface area contributed by atoms with E-state index < -0.39 is 0 Å². The number of amides is 1. The Kier molecular flexibility index (Phi) is 5.30. The van der Waals surface area contributed by atoms with Gasteiger partial charge in [0.25, 0.3) is 5.91 Å². The van der Waals surface area contributed by atoms with Crippen molar-refractivity contribution < 1.29 is 9.90 Å². The number of nitrogens with zero attached hydrogens (tertiary/aromatic N) is 1. The zero-order valence-corrected chi connectivity index (χ0v) is 11.6. The van der Waals surface area contributed by atoms with Crippen LogP contribution in [0.3, 0.4) is 0 Å². The van der Waals surface area contributed by atoms with E-state index in [9.17, 15) is 4.79 Å². The van der Waals surface area contributed by atoms with Crippen LogP contribution in [0.15, 0.2) is 36.7 Å². The van der Waals surface area contributed by atoms with Crippen LogP contribution in [0.4, 0.5) is 0 Å². The summed E-state index contributed by atoms with van der Waals surface area (Å²) >= 11 is 1.53. The maximum Gasteiger partial charge on any atom is 0.253 e. The van der Waals surface area contributed by atoms with Crippen LogP contribution in [0.2, 0.25) is 0 Å². The average Bonchev–Trinajstić information content (AvgIpc) is 2.94. The van der Waals surface area contributed by atoms with Crippen molar-refractivity contribution in [1.82, 2.24) is 10.3 Å². The third-order valence-electron chi connectivity index (χ3n) is 2.46. The van der Waals surface area contributed by atoms with Crippen LogP contribution in [-0.4, -0.2) is 22.6 Å². The fourth-order valence-corrected chi connectivity index (χ4v) is 2.33. The second-order valence-electron chi connectivity index (χ2n) is 3.97. The number of nitrogens with one attached hydrogen (secondary N) is 1. The number of rotatable bonds is 4. The van der Waals surface area contributed by atoms with Crippen molar-refractivity contribution in [2.24, 2.45) is 0 Å². The van der Waals surface area contributed by atoms with E-state index in [0.717, 1.165) is 9.75 Å². The van der Waals surface area contributed by atoms with Gasteiger partial charge in [0.1, 0.15) is 0 Å². The zero-order chi connectivity index (χ0) is 14.2.